The van der Waals surface area contributed by atoms with Gasteiger partial charge in [-0.15, -0.1) is 0 Å². The molecular formula is C23H27F9N6O7. The molecule has 3 N–H and O–H groups in total. The van der Waals surface area contributed by atoms with E-state index in [1.54, 1.807) is 0 Å². The molecule has 2 aliphatic heterocycles. The van der Waals surface area contributed by atoms with Gasteiger partial charge in [-0.25, -0.2) is 29.3 Å². The molecule has 22 heteroatoms. The van der Waals surface area contributed by atoms with E-state index in [4.69, 9.17) is 34.4 Å². The van der Waals surface area contributed by atoms with E-state index in [0.717, 1.165) is 64.1 Å². The Balaban J connectivity index is 0.000000396. The van der Waals surface area contributed by atoms with Gasteiger partial charge in [-0.1, -0.05) is 0 Å². The molecule has 4 rings (SSSR count). The van der Waals surface area contributed by atoms with E-state index in [9.17, 15) is 39.5 Å². The fraction of sp³-hybridized carbons (Fsp3) is 0.565. The summed E-state index contributed by atoms with van der Waals surface area (Å²) in [6.45, 7) is 6.36. The molecule has 1 spiro atoms. The molecule has 0 aliphatic carbocycles. The quantitative estimate of drug-likeness (QED) is 0.409. The number of carboxylic acid groups (broad SMARTS) is 3. The fourth-order valence-corrected chi connectivity index (χ4v) is 3.78. The lowest BCUT2D eigenvalue weighted by Gasteiger charge is -2.31. The van der Waals surface area contributed by atoms with Crippen LogP contribution in [0.2, 0.25) is 0 Å². The average Bonchev–Trinajstić information content (AvgIpc) is 3.44. The zero-order valence-electron chi connectivity index (χ0n) is 23.1. The van der Waals surface area contributed by atoms with E-state index in [1.807, 2.05) is 30.9 Å². The van der Waals surface area contributed by atoms with E-state index in [1.165, 1.54) is 0 Å². The molecule has 2 aromatic rings. The Hall–Kier alpha value is -4.21. The van der Waals surface area contributed by atoms with Crippen LogP contribution >= 0.6 is 0 Å². The highest BCUT2D eigenvalue weighted by molar-refractivity contribution is 5.73. The van der Waals surface area contributed by atoms with Crippen LogP contribution in [0.4, 0.5) is 45.5 Å². The Morgan fingerprint density at radius 2 is 1.31 bits per heavy atom. The lowest BCUT2D eigenvalue weighted by molar-refractivity contribution is -0.193. The Kier molecular flexibility index (Phi) is 14.0. The van der Waals surface area contributed by atoms with Crippen molar-refractivity contribution < 1.29 is 74.0 Å². The fourth-order valence-electron chi connectivity index (χ4n) is 3.78. The van der Waals surface area contributed by atoms with Gasteiger partial charge in [0.2, 0.25) is 5.95 Å². The molecule has 13 nitrogen and oxygen atoms in total. The first kappa shape index (κ1) is 38.8. The van der Waals surface area contributed by atoms with Gasteiger partial charge in [-0.2, -0.15) is 39.5 Å². The third-order valence-electron chi connectivity index (χ3n) is 5.81. The molecule has 4 heterocycles. The van der Waals surface area contributed by atoms with Crippen LogP contribution in [0.1, 0.15) is 12.2 Å². The first-order chi connectivity index (χ1) is 20.6. The molecule has 1 atom stereocenters. The number of anilines is 1. The molecule has 254 valence electrons. The summed E-state index contributed by atoms with van der Waals surface area (Å²) in [4.78, 5) is 44.7. The van der Waals surface area contributed by atoms with Crippen molar-refractivity contribution in [2.24, 2.45) is 12.5 Å². The van der Waals surface area contributed by atoms with Gasteiger partial charge in [0.15, 0.2) is 0 Å². The number of hydrogen-bond acceptors (Lipinski definition) is 9. The first-order valence-electron chi connectivity index (χ1n) is 12.3. The topological polar surface area (TPSA) is 171 Å². The molecule has 2 aromatic heterocycles. The van der Waals surface area contributed by atoms with Gasteiger partial charge in [0.25, 0.3) is 0 Å². The molecule has 0 radical (unpaired) electrons. The van der Waals surface area contributed by atoms with Crippen LogP contribution < -0.4 is 4.90 Å². The number of ether oxygens (including phenoxy) is 1. The van der Waals surface area contributed by atoms with Gasteiger partial charge in [0, 0.05) is 56.9 Å². The average molecular weight is 670 g/mol. The third-order valence-corrected chi connectivity index (χ3v) is 5.81. The van der Waals surface area contributed by atoms with Crippen LogP contribution in [-0.2, 0) is 32.7 Å². The molecule has 45 heavy (non-hydrogen) atoms. The van der Waals surface area contributed by atoms with E-state index in [0.29, 0.717) is 0 Å². The number of aryl methyl sites for hydroxylation is 1. The summed E-state index contributed by atoms with van der Waals surface area (Å²) < 4.78 is 103. The maximum atomic E-state index is 10.6. The molecule has 2 fully saturated rings. The predicted octanol–water partition coefficient (Wildman–Crippen LogP) is 2.84. The Morgan fingerprint density at radius 3 is 1.73 bits per heavy atom. The number of rotatable bonds is 3. The molecule has 1 unspecified atom stereocenters. The van der Waals surface area contributed by atoms with Crippen LogP contribution in [0.3, 0.4) is 0 Å². The highest BCUT2D eigenvalue weighted by Crippen LogP contribution is 2.34. The number of nitrogens with zero attached hydrogens (tertiary/aromatic N) is 6. The van der Waals surface area contributed by atoms with Crippen molar-refractivity contribution >= 4 is 23.9 Å². The predicted molar refractivity (Wildman–Crippen MR) is 132 cm³/mol. The maximum Gasteiger partial charge on any atom is 0.490 e. The summed E-state index contributed by atoms with van der Waals surface area (Å²) in [6, 6.07) is 1.86. The van der Waals surface area contributed by atoms with Crippen molar-refractivity contribution in [3.05, 3.63) is 36.7 Å². The van der Waals surface area contributed by atoms with Crippen LogP contribution in [0.5, 0.6) is 0 Å². The molecule has 2 saturated heterocycles. The number of likely N-dealkylation sites (tertiary alicyclic amines) is 1. The second kappa shape index (κ2) is 16.2. The maximum absolute atomic E-state index is 10.6. The van der Waals surface area contributed by atoms with Crippen molar-refractivity contribution in [2.75, 3.05) is 44.3 Å². The normalized spacial score (nSPS) is 18.8. The van der Waals surface area contributed by atoms with Crippen molar-refractivity contribution in [1.29, 1.82) is 0 Å². The summed E-state index contributed by atoms with van der Waals surface area (Å²) in [6.07, 6.45) is -6.62. The smallest absolute Gasteiger partial charge is 0.475 e. The molecule has 0 bridgehead atoms. The van der Waals surface area contributed by atoms with Gasteiger partial charge in [-0.05, 0) is 19.0 Å². The highest BCUT2D eigenvalue weighted by Gasteiger charge is 2.42. The van der Waals surface area contributed by atoms with E-state index >= 15 is 0 Å². The largest absolute Gasteiger partial charge is 0.490 e. The van der Waals surface area contributed by atoms with Crippen molar-refractivity contribution in [3.8, 4) is 0 Å². The van der Waals surface area contributed by atoms with Gasteiger partial charge >= 0.3 is 36.4 Å². The number of carbonyl (C=O) groups is 3. The summed E-state index contributed by atoms with van der Waals surface area (Å²) in [5, 5.41) is 21.4. The van der Waals surface area contributed by atoms with Gasteiger partial charge in [-0.3, -0.25) is 4.90 Å². The molecule has 2 aliphatic rings. The Labute approximate surface area is 247 Å². The number of aliphatic carboxylic acids is 3. The molecule has 0 amide bonds. The number of hydrogen-bond donors (Lipinski definition) is 3. The second-order valence-electron chi connectivity index (χ2n) is 9.35. The number of halogens is 9. The summed E-state index contributed by atoms with van der Waals surface area (Å²) >= 11 is 0. The summed E-state index contributed by atoms with van der Waals surface area (Å²) in [5.74, 6) is -6.35. The summed E-state index contributed by atoms with van der Waals surface area (Å²) in [5.41, 5.74) is 0.154. The lowest BCUT2D eigenvalue weighted by atomic mass is 9.87. The van der Waals surface area contributed by atoms with Crippen LogP contribution in [-0.4, -0.2) is 116 Å². The van der Waals surface area contributed by atoms with E-state index in [-0.39, 0.29) is 5.41 Å². The Bertz CT molecular complexity index is 1190. The molecule has 0 saturated carbocycles. The zero-order valence-corrected chi connectivity index (χ0v) is 23.1. The minimum absolute atomic E-state index is 0.154. The minimum atomic E-state index is -5.08. The second-order valence-corrected chi connectivity index (χ2v) is 9.35. The van der Waals surface area contributed by atoms with Gasteiger partial charge in [0.05, 0.1) is 19.8 Å². The minimum Gasteiger partial charge on any atom is -0.475 e. The molecule has 0 aromatic carbocycles. The Morgan fingerprint density at radius 1 is 0.822 bits per heavy atom. The highest BCUT2D eigenvalue weighted by atomic mass is 19.4. The monoisotopic (exact) mass is 670 g/mol. The van der Waals surface area contributed by atoms with Crippen molar-refractivity contribution in [3.63, 3.8) is 0 Å². The molecular weight excluding hydrogens is 643 g/mol. The van der Waals surface area contributed by atoms with Crippen LogP contribution in [0.25, 0.3) is 0 Å². The van der Waals surface area contributed by atoms with E-state index in [2.05, 4.69) is 36.4 Å². The van der Waals surface area contributed by atoms with Gasteiger partial charge < -0.3 is 29.5 Å². The van der Waals surface area contributed by atoms with Gasteiger partial charge in [0.1, 0.15) is 5.82 Å². The SMILES string of the molecule is Cn1ccnc1CN1CCC2(COCCN(c3ncccn3)C2)C1.O=C(O)C(F)(F)F.O=C(O)C(F)(F)F.O=C(O)C(F)(F)F. The van der Waals surface area contributed by atoms with Crippen molar-refractivity contribution in [1.82, 2.24) is 24.4 Å². The number of aromatic nitrogens is 4. The third kappa shape index (κ3) is 14.0. The van der Waals surface area contributed by atoms with Crippen LogP contribution in [0, 0.1) is 5.41 Å². The van der Waals surface area contributed by atoms with Crippen molar-refractivity contribution in [2.45, 2.75) is 31.5 Å². The zero-order chi connectivity index (χ0) is 34.6. The number of alkyl halides is 9. The van der Waals surface area contributed by atoms with E-state index < -0.39 is 36.4 Å². The lowest BCUT2D eigenvalue weighted by Crippen LogP contribution is -2.41. The summed E-state index contributed by atoms with van der Waals surface area (Å²) in [7, 11) is 2.05. The van der Waals surface area contributed by atoms with Crippen LogP contribution in [0.15, 0.2) is 30.9 Å². The number of imidazole rings is 1. The first-order valence-corrected chi connectivity index (χ1v) is 12.3. The standard InChI is InChI=1S/C17H24N6O.3C2HF3O2/c1-21-8-6-18-15(21)11-22-7-3-17(12-22)13-23(9-10-24-14-17)16-19-4-2-5-20-16;3*3-2(4,5)1(6)7/h2,4-6,8H,3,7,9-14H2,1H3;3*(H,6,7). The number of carboxylic acids is 3.